The second-order valence-electron chi connectivity index (χ2n) is 12.2. The van der Waals surface area contributed by atoms with Crippen molar-refractivity contribution < 1.29 is 9.18 Å². The number of carbonyl (C=O) groups excluding carboxylic acids is 1. The van der Waals surface area contributed by atoms with Crippen LogP contribution >= 0.6 is 0 Å². The summed E-state index contributed by atoms with van der Waals surface area (Å²) in [5.74, 6) is 0.928. The summed E-state index contributed by atoms with van der Waals surface area (Å²) in [4.78, 5) is 16.9. The van der Waals surface area contributed by atoms with Crippen LogP contribution in [0.5, 0.6) is 0 Å². The van der Waals surface area contributed by atoms with Gasteiger partial charge in [0, 0.05) is 49.2 Å². The lowest BCUT2D eigenvalue weighted by molar-refractivity contribution is -0.142. The Morgan fingerprint density at radius 3 is 2.62 bits per heavy atom. The predicted octanol–water partition coefficient (Wildman–Crippen LogP) is 5.17. The van der Waals surface area contributed by atoms with Crippen LogP contribution < -0.4 is 10.6 Å². The molecule has 1 aliphatic carbocycles. The average molecular weight is 504 g/mol. The van der Waals surface area contributed by atoms with Crippen molar-refractivity contribution in [1.82, 2.24) is 15.5 Å². The van der Waals surface area contributed by atoms with Crippen LogP contribution in [0.25, 0.3) is 0 Å². The summed E-state index contributed by atoms with van der Waals surface area (Å²) in [6.07, 6.45) is 9.15. The minimum atomic E-state index is -0.546. The van der Waals surface area contributed by atoms with E-state index in [0.29, 0.717) is 31.5 Å². The molecule has 3 heterocycles. The molecular weight excluding hydrogens is 461 g/mol. The highest BCUT2D eigenvalue weighted by Gasteiger charge is 2.53. The molecule has 4 aliphatic rings. The lowest BCUT2D eigenvalue weighted by Gasteiger charge is -2.47. The molecule has 5 heteroatoms. The van der Waals surface area contributed by atoms with E-state index in [-0.39, 0.29) is 29.7 Å². The second-order valence-corrected chi connectivity index (χ2v) is 12.2. The number of halogens is 1. The fourth-order valence-electron chi connectivity index (χ4n) is 8.14. The van der Waals surface area contributed by atoms with Crippen LogP contribution in [0.3, 0.4) is 0 Å². The number of amides is 1. The molecule has 3 aliphatic heterocycles. The molecule has 1 unspecified atom stereocenters. The van der Waals surface area contributed by atoms with Gasteiger partial charge in [-0.25, -0.2) is 4.39 Å². The molecule has 2 saturated heterocycles. The molecule has 1 spiro atoms. The van der Waals surface area contributed by atoms with E-state index >= 15 is 4.39 Å². The third-order valence-electron chi connectivity index (χ3n) is 10.0. The summed E-state index contributed by atoms with van der Waals surface area (Å²) in [7, 11) is 0. The Balaban J connectivity index is 1.33. The van der Waals surface area contributed by atoms with E-state index in [0.717, 1.165) is 36.9 Å². The van der Waals surface area contributed by atoms with Crippen LogP contribution in [-0.2, 0) is 16.6 Å². The summed E-state index contributed by atoms with van der Waals surface area (Å²) in [5, 5.41) is 7.20. The van der Waals surface area contributed by atoms with Crippen molar-refractivity contribution in [2.45, 2.75) is 81.7 Å². The molecule has 2 N–H and O–H groups in total. The molecule has 0 bridgehead atoms. The minimum absolute atomic E-state index is 0.151. The Hall–Kier alpha value is -2.24. The zero-order chi connectivity index (χ0) is 25.4. The molecule has 1 saturated carbocycles. The maximum absolute atomic E-state index is 15.6. The van der Waals surface area contributed by atoms with E-state index in [2.05, 4.69) is 58.9 Å². The molecule has 1 amide bonds. The van der Waals surface area contributed by atoms with Crippen LogP contribution in [-0.4, -0.2) is 49.1 Å². The summed E-state index contributed by atoms with van der Waals surface area (Å²) in [5.41, 5.74) is 2.71. The molecule has 2 aromatic carbocycles. The number of piperidine rings is 1. The number of benzene rings is 2. The topological polar surface area (TPSA) is 44.4 Å². The maximum atomic E-state index is 15.6. The second kappa shape index (κ2) is 10.5. The van der Waals surface area contributed by atoms with E-state index in [1.54, 1.807) is 6.07 Å². The van der Waals surface area contributed by atoms with Gasteiger partial charge in [0.05, 0.1) is 5.92 Å². The highest BCUT2D eigenvalue weighted by atomic mass is 19.1. The molecule has 5 atom stereocenters. The normalized spacial score (nSPS) is 32.8. The number of hydrogen-bond donors (Lipinski definition) is 2. The number of rotatable bonds is 3. The molecule has 0 radical (unpaired) electrons. The molecule has 37 heavy (non-hydrogen) atoms. The fourth-order valence-corrected chi connectivity index (χ4v) is 8.14. The highest BCUT2D eigenvalue weighted by molar-refractivity contribution is 5.82. The third-order valence-corrected chi connectivity index (χ3v) is 10.0. The van der Waals surface area contributed by atoms with Gasteiger partial charge in [-0.15, -0.1) is 0 Å². The first-order valence-electron chi connectivity index (χ1n) is 14.6. The smallest absolute Gasteiger partial charge is 0.228 e. The van der Waals surface area contributed by atoms with Crippen molar-refractivity contribution in [2.24, 2.45) is 11.8 Å². The zero-order valence-electron chi connectivity index (χ0n) is 22.2. The van der Waals surface area contributed by atoms with Gasteiger partial charge in [-0.1, -0.05) is 61.7 Å². The van der Waals surface area contributed by atoms with E-state index in [1.165, 1.54) is 37.7 Å². The first-order valence-corrected chi connectivity index (χ1v) is 14.6. The first kappa shape index (κ1) is 25.1. The Bertz CT molecular complexity index is 1100. The van der Waals surface area contributed by atoms with Gasteiger partial charge in [-0.3, -0.25) is 4.79 Å². The summed E-state index contributed by atoms with van der Waals surface area (Å²) >= 11 is 0. The van der Waals surface area contributed by atoms with Crippen molar-refractivity contribution in [3.05, 3.63) is 71.0 Å². The predicted molar refractivity (Wildman–Crippen MR) is 146 cm³/mol. The summed E-state index contributed by atoms with van der Waals surface area (Å²) < 4.78 is 15.6. The van der Waals surface area contributed by atoms with E-state index in [9.17, 15) is 4.79 Å². The molecule has 6 rings (SSSR count). The third kappa shape index (κ3) is 4.63. The largest absolute Gasteiger partial charge is 0.339 e. The molecule has 2 aromatic rings. The Morgan fingerprint density at radius 2 is 1.81 bits per heavy atom. The number of nitrogens with zero attached hydrogens (tertiary/aromatic N) is 1. The number of likely N-dealkylation sites (tertiary alicyclic amines) is 1. The fraction of sp³-hybridized carbons (Fsp3) is 0.594. The van der Waals surface area contributed by atoms with Crippen LogP contribution in [0, 0.1) is 17.7 Å². The van der Waals surface area contributed by atoms with Crippen molar-refractivity contribution in [3.8, 4) is 0 Å². The van der Waals surface area contributed by atoms with Crippen molar-refractivity contribution in [3.63, 3.8) is 0 Å². The van der Waals surface area contributed by atoms with E-state index in [4.69, 9.17) is 0 Å². The van der Waals surface area contributed by atoms with Gasteiger partial charge in [0.1, 0.15) is 5.82 Å². The number of hydrogen-bond acceptors (Lipinski definition) is 3. The monoisotopic (exact) mass is 503 g/mol. The average Bonchev–Trinajstić information content (AvgIpc) is 3.30. The number of carbonyl (C=O) groups is 1. The van der Waals surface area contributed by atoms with Gasteiger partial charge < -0.3 is 15.5 Å². The summed E-state index contributed by atoms with van der Waals surface area (Å²) in [6, 6.07) is 16.9. The van der Waals surface area contributed by atoms with Gasteiger partial charge >= 0.3 is 0 Å². The molecule has 198 valence electrons. The van der Waals surface area contributed by atoms with Crippen LogP contribution in [0.15, 0.2) is 48.5 Å². The van der Waals surface area contributed by atoms with E-state index < -0.39 is 5.41 Å². The lowest BCUT2D eigenvalue weighted by Crippen LogP contribution is -2.56. The summed E-state index contributed by atoms with van der Waals surface area (Å²) in [6.45, 7) is 4.88. The Labute approximate surface area is 221 Å². The van der Waals surface area contributed by atoms with Crippen LogP contribution in [0.2, 0.25) is 0 Å². The van der Waals surface area contributed by atoms with Crippen LogP contribution in [0.4, 0.5) is 4.39 Å². The van der Waals surface area contributed by atoms with Gasteiger partial charge in [0.2, 0.25) is 5.91 Å². The molecule has 0 aromatic heterocycles. The van der Waals surface area contributed by atoms with Gasteiger partial charge in [0.25, 0.3) is 0 Å². The van der Waals surface area contributed by atoms with Crippen LogP contribution in [0.1, 0.15) is 74.5 Å². The maximum Gasteiger partial charge on any atom is 0.228 e. The Morgan fingerprint density at radius 1 is 1.00 bits per heavy atom. The van der Waals surface area contributed by atoms with Gasteiger partial charge in [-0.2, -0.15) is 0 Å². The van der Waals surface area contributed by atoms with Crippen molar-refractivity contribution >= 4 is 5.91 Å². The Kier molecular flexibility index (Phi) is 7.11. The van der Waals surface area contributed by atoms with Crippen molar-refractivity contribution in [1.29, 1.82) is 0 Å². The lowest BCUT2D eigenvalue weighted by atomic mass is 9.69. The first-order chi connectivity index (χ1) is 18.1. The van der Waals surface area contributed by atoms with E-state index in [1.807, 2.05) is 6.07 Å². The van der Waals surface area contributed by atoms with Gasteiger partial charge in [-0.05, 0) is 68.1 Å². The van der Waals surface area contributed by atoms with Crippen molar-refractivity contribution in [2.75, 3.05) is 26.2 Å². The quantitative estimate of drug-likeness (QED) is 0.607. The van der Waals surface area contributed by atoms with Gasteiger partial charge in [0.15, 0.2) is 0 Å². The minimum Gasteiger partial charge on any atom is -0.339 e. The number of nitrogens with one attached hydrogen (secondary N) is 2. The molecule has 4 nitrogen and oxygen atoms in total. The SMILES string of the molecule is C[C@H]1Cc2cccc(F)c2[C@@]2(CNCC2C(=O)N2CC[C@@H](c3ccccc3)C[C@H]2C2CCCCC2)CN1. The standard InChI is InChI=1S/C32H42FN3O/c1-22-17-26-13-8-14-28(33)30(26)32(21-35-22)20-34-19-27(32)31(37)36-16-15-25(23-9-4-2-5-10-23)18-29(36)24-11-6-3-7-12-24/h2,4-5,8-10,13-14,22,24-25,27,29,34-35H,3,6-7,11-12,15-21H2,1H3/t22-,25+,27?,29-,32-/m0/s1. The molecular formula is C32H42FN3O. The number of fused-ring (bicyclic) bond motifs is 2. The zero-order valence-corrected chi connectivity index (χ0v) is 22.2. The molecule has 3 fully saturated rings. The highest BCUT2D eigenvalue weighted by Crippen LogP contribution is 2.45.